The van der Waals surface area contributed by atoms with Crippen molar-refractivity contribution in [2.75, 3.05) is 18.1 Å². The van der Waals surface area contributed by atoms with Crippen LogP contribution in [-0.4, -0.2) is 35.0 Å². The number of Topliss-reactive ketones (excluding diaryl/α,β-unsaturated/α-hetero) is 1. The number of nitrogens with zero attached hydrogens (tertiary/aromatic N) is 2. The Morgan fingerprint density at radius 1 is 0.953 bits per heavy atom. The van der Waals surface area contributed by atoms with Crippen LogP contribution in [0, 0.1) is 5.82 Å². The van der Waals surface area contributed by atoms with E-state index < -0.39 is 23.5 Å². The van der Waals surface area contributed by atoms with Crippen molar-refractivity contribution in [1.29, 1.82) is 0 Å². The second kappa shape index (κ2) is 10.9. The number of amides is 1. The minimum atomic E-state index is -1.01. The fraction of sp³-hybridized carbons (Fsp3) is 0.121. The number of carbonyl (C=O) groups excluding carboxylic acids is 2. The molecule has 43 heavy (non-hydrogen) atoms. The molecule has 5 aromatic rings. The van der Waals surface area contributed by atoms with Crippen molar-refractivity contribution >= 4 is 44.1 Å². The Morgan fingerprint density at radius 2 is 1.72 bits per heavy atom. The van der Waals surface area contributed by atoms with Gasteiger partial charge in [0.1, 0.15) is 37.1 Å². The summed E-state index contributed by atoms with van der Waals surface area (Å²) in [4.78, 5) is 33.0. The van der Waals surface area contributed by atoms with E-state index in [1.165, 1.54) is 23.1 Å². The summed E-state index contributed by atoms with van der Waals surface area (Å²) in [5.41, 5.74) is 2.23. The van der Waals surface area contributed by atoms with Gasteiger partial charge in [0.2, 0.25) is 0 Å². The summed E-state index contributed by atoms with van der Waals surface area (Å²) in [5.74, 6) is -0.987. The van der Waals surface area contributed by atoms with Gasteiger partial charge < -0.3 is 19.3 Å². The Morgan fingerprint density at radius 3 is 2.51 bits per heavy atom. The average Bonchev–Trinajstić information content (AvgIpc) is 3.57. The minimum Gasteiger partial charge on any atom is -0.507 e. The minimum absolute atomic E-state index is 0.106. The number of aromatic nitrogens is 1. The van der Waals surface area contributed by atoms with E-state index in [-0.39, 0.29) is 16.5 Å². The quantitative estimate of drug-likeness (QED) is 0.138. The smallest absolute Gasteiger partial charge is 0.301 e. The number of aliphatic hydroxyl groups is 1. The van der Waals surface area contributed by atoms with Gasteiger partial charge >= 0.3 is 5.91 Å². The molecule has 1 saturated heterocycles. The number of hydrogen-bond donors (Lipinski definition) is 1. The lowest BCUT2D eigenvalue weighted by atomic mass is 9.95. The Hall–Kier alpha value is -5.22. The summed E-state index contributed by atoms with van der Waals surface area (Å²) in [7, 11) is 0. The van der Waals surface area contributed by atoms with E-state index in [0.717, 1.165) is 16.9 Å². The summed E-state index contributed by atoms with van der Waals surface area (Å²) in [6.45, 7) is 1.12. The number of ether oxygens (including phenoxy) is 3. The monoisotopic (exact) mass is 594 g/mol. The van der Waals surface area contributed by atoms with Gasteiger partial charge in [0.15, 0.2) is 16.6 Å². The van der Waals surface area contributed by atoms with Crippen LogP contribution >= 0.6 is 11.3 Å². The van der Waals surface area contributed by atoms with E-state index in [4.69, 9.17) is 14.2 Å². The first-order valence-electron chi connectivity index (χ1n) is 13.5. The van der Waals surface area contributed by atoms with Crippen molar-refractivity contribution in [1.82, 2.24) is 4.98 Å². The largest absolute Gasteiger partial charge is 0.507 e. The zero-order valence-corrected chi connectivity index (χ0v) is 23.3. The van der Waals surface area contributed by atoms with Crippen molar-refractivity contribution in [3.8, 4) is 17.2 Å². The van der Waals surface area contributed by atoms with Gasteiger partial charge in [-0.3, -0.25) is 14.5 Å². The van der Waals surface area contributed by atoms with E-state index in [1.807, 2.05) is 30.3 Å². The van der Waals surface area contributed by atoms with Crippen LogP contribution in [0.1, 0.15) is 22.7 Å². The molecular weight excluding hydrogens is 571 g/mol. The van der Waals surface area contributed by atoms with Crippen LogP contribution in [0.4, 0.5) is 9.52 Å². The molecule has 10 heteroatoms. The number of carbonyl (C=O) groups is 2. The van der Waals surface area contributed by atoms with Crippen LogP contribution in [0.3, 0.4) is 0 Å². The highest BCUT2D eigenvalue weighted by molar-refractivity contribution is 7.22. The molecule has 214 valence electrons. The number of anilines is 1. The Labute approximate surface area is 249 Å². The zero-order valence-electron chi connectivity index (χ0n) is 22.5. The summed E-state index contributed by atoms with van der Waals surface area (Å²) in [6.07, 6.45) is 0. The maximum atomic E-state index is 14.0. The van der Waals surface area contributed by atoms with Crippen molar-refractivity contribution in [2.45, 2.75) is 12.6 Å². The predicted octanol–water partition coefficient (Wildman–Crippen LogP) is 6.41. The molecule has 1 atom stereocenters. The Bertz CT molecular complexity index is 1900. The lowest BCUT2D eigenvalue weighted by Gasteiger charge is -2.23. The number of hydrogen-bond acceptors (Lipinski definition) is 8. The van der Waals surface area contributed by atoms with Crippen molar-refractivity contribution in [2.24, 2.45) is 0 Å². The van der Waals surface area contributed by atoms with Gasteiger partial charge in [-0.05, 0) is 59.7 Å². The topological polar surface area (TPSA) is 98.2 Å². The molecule has 4 aromatic carbocycles. The van der Waals surface area contributed by atoms with E-state index >= 15 is 0 Å². The highest BCUT2D eigenvalue weighted by Crippen LogP contribution is 2.45. The molecule has 0 saturated carbocycles. The first-order chi connectivity index (χ1) is 21.0. The molecule has 1 N–H and O–H groups in total. The molecule has 0 radical (unpaired) electrons. The molecule has 1 unspecified atom stereocenters. The van der Waals surface area contributed by atoms with Gasteiger partial charge in [-0.25, -0.2) is 9.37 Å². The maximum absolute atomic E-state index is 14.0. The number of thiazole rings is 1. The fourth-order valence-corrected chi connectivity index (χ4v) is 6.19. The molecule has 8 nitrogen and oxygen atoms in total. The molecule has 2 aliphatic rings. The van der Waals surface area contributed by atoms with Crippen LogP contribution in [0.2, 0.25) is 0 Å². The van der Waals surface area contributed by atoms with Gasteiger partial charge in [0, 0.05) is 5.56 Å². The number of aliphatic hydroxyl groups excluding tert-OH is 1. The SMILES string of the molecule is O=C1C(=O)N(c2nc3ccc(F)cc3s2)C(c2ccc(OCc3ccccc3)cc2)/C1=C(\O)c1ccc2c(c1)OCCO2. The van der Waals surface area contributed by atoms with Crippen LogP contribution in [0.25, 0.3) is 16.0 Å². The molecular formula is C33H23FN2O6S. The number of ketones is 1. The lowest BCUT2D eigenvalue weighted by Crippen LogP contribution is -2.29. The highest BCUT2D eigenvalue weighted by atomic mass is 32.1. The van der Waals surface area contributed by atoms with Gasteiger partial charge in [-0.2, -0.15) is 0 Å². The first kappa shape index (κ1) is 26.7. The Kier molecular flexibility index (Phi) is 6.75. The number of benzene rings is 4. The number of fused-ring (bicyclic) bond motifs is 2. The second-order valence-corrected chi connectivity index (χ2v) is 11.0. The third-order valence-corrected chi connectivity index (χ3v) is 8.27. The summed E-state index contributed by atoms with van der Waals surface area (Å²) < 4.78 is 31.7. The third kappa shape index (κ3) is 4.95. The van der Waals surface area contributed by atoms with E-state index in [0.29, 0.717) is 58.4 Å². The van der Waals surface area contributed by atoms with Gasteiger partial charge in [0.25, 0.3) is 5.78 Å². The third-order valence-electron chi connectivity index (χ3n) is 7.25. The highest BCUT2D eigenvalue weighted by Gasteiger charge is 2.48. The number of rotatable bonds is 6. The fourth-order valence-electron chi connectivity index (χ4n) is 5.17. The van der Waals surface area contributed by atoms with Gasteiger partial charge in [0.05, 0.1) is 21.8 Å². The maximum Gasteiger partial charge on any atom is 0.301 e. The van der Waals surface area contributed by atoms with Crippen molar-refractivity contribution < 1.29 is 33.3 Å². The number of halogens is 1. The predicted molar refractivity (Wildman–Crippen MR) is 159 cm³/mol. The van der Waals surface area contributed by atoms with Crippen LogP contribution < -0.4 is 19.1 Å². The van der Waals surface area contributed by atoms with Gasteiger partial charge in [-0.1, -0.05) is 53.8 Å². The van der Waals surface area contributed by atoms with Crippen molar-refractivity contribution in [3.05, 3.63) is 119 Å². The lowest BCUT2D eigenvalue weighted by molar-refractivity contribution is -0.132. The molecule has 1 aromatic heterocycles. The zero-order chi connectivity index (χ0) is 29.5. The molecule has 2 aliphatic heterocycles. The summed E-state index contributed by atoms with van der Waals surface area (Å²) >= 11 is 1.09. The standard InChI is InChI=1S/C33H23FN2O6S/c34-22-9-12-24-27(17-22)43-33(35-24)36-29(20-6-10-23(11-7-20)42-18-19-4-2-1-3-5-19)28(31(38)32(36)39)30(37)21-8-13-25-26(16-21)41-15-14-40-25/h1-13,16-17,29,37H,14-15,18H2/b30-28+. The first-order valence-corrected chi connectivity index (χ1v) is 14.3. The molecule has 0 bridgehead atoms. The van der Waals surface area contributed by atoms with Crippen LogP contribution in [0.15, 0.2) is 96.6 Å². The molecule has 3 heterocycles. The van der Waals surface area contributed by atoms with E-state index in [1.54, 1.807) is 42.5 Å². The summed E-state index contributed by atoms with van der Waals surface area (Å²) in [5, 5.41) is 11.7. The molecule has 0 aliphatic carbocycles. The molecule has 7 rings (SSSR count). The van der Waals surface area contributed by atoms with Crippen molar-refractivity contribution in [3.63, 3.8) is 0 Å². The van der Waals surface area contributed by atoms with E-state index in [2.05, 4.69) is 4.98 Å². The van der Waals surface area contributed by atoms with Gasteiger partial charge in [-0.15, -0.1) is 0 Å². The molecule has 1 fully saturated rings. The summed E-state index contributed by atoms with van der Waals surface area (Å²) in [6, 6.07) is 24.7. The Balaban J connectivity index is 1.31. The second-order valence-electron chi connectivity index (χ2n) is 9.98. The average molecular weight is 595 g/mol. The normalized spacial score (nSPS) is 17.4. The van der Waals surface area contributed by atoms with Crippen LogP contribution in [-0.2, 0) is 16.2 Å². The molecule has 0 spiro atoms. The van der Waals surface area contributed by atoms with E-state index in [9.17, 15) is 19.1 Å². The van der Waals surface area contributed by atoms with Crippen LogP contribution in [0.5, 0.6) is 17.2 Å². The molecule has 1 amide bonds.